The van der Waals surface area contributed by atoms with E-state index in [0.29, 0.717) is 18.6 Å². The molecule has 0 fully saturated rings. The van der Waals surface area contributed by atoms with Gasteiger partial charge in [-0.15, -0.1) is 0 Å². The number of anilines is 1. The number of halogens is 1. The minimum atomic E-state index is 0.506. The van der Waals surface area contributed by atoms with Gasteiger partial charge in [0.15, 0.2) is 0 Å². The summed E-state index contributed by atoms with van der Waals surface area (Å²) >= 11 is 6.40. The lowest BCUT2D eigenvalue weighted by atomic mass is 10.0. The SMILES string of the molecule is COCCNCc1ccc(N(C)C(C)CC(C)C)cc1Cl. The quantitative estimate of drug-likeness (QED) is 0.699. The number of hydrogen-bond donors (Lipinski definition) is 1. The van der Waals surface area contributed by atoms with Gasteiger partial charge in [-0.1, -0.05) is 31.5 Å². The first kappa shape index (κ1) is 18.3. The van der Waals surface area contributed by atoms with Crippen LogP contribution in [0.25, 0.3) is 0 Å². The fourth-order valence-corrected chi connectivity index (χ4v) is 2.63. The van der Waals surface area contributed by atoms with Gasteiger partial charge in [0.2, 0.25) is 0 Å². The van der Waals surface area contributed by atoms with Crippen LogP contribution in [0.2, 0.25) is 5.02 Å². The summed E-state index contributed by atoms with van der Waals surface area (Å²) in [5.41, 5.74) is 2.30. The molecule has 120 valence electrons. The van der Waals surface area contributed by atoms with Crippen molar-refractivity contribution in [1.29, 1.82) is 0 Å². The molecule has 0 amide bonds. The molecule has 21 heavy (non-hydrogen) atoms. The van der Waals surface area contributed by atoms with E-state index in [2.05, 4.69) is 56.2 Å². The van der Waals surface area contributed by atoms with E-state index in [9.17, 15) is 0 Å². The van der Waals surface area contributed by atoms with Crippen LogP contribution in [0, 0.1) is 5.92 Å². The second kappa shape index (κ2) is 9.29. The fraction of sp³-hybridized carbons (Fsp3) is 0.647. The van der Waals surface area contributed by atoms with E-state index in [1.54, 1.807) is 7.11 Å². The lowest BCUT2D eigenvalue weighted by Crippen LogP contribution is -2.30. The number of methoxy groups -OCH3 is 1. The Bertz CT molecular complexity index is 423. The molecule has 0 spiro atoms. The molecule has 1 aromatic rings. The van der Waals surface area contributed by atoms with Crippen molar-refractivity contribution in [2.75, 3.05) is 32.2 Å². The summed E-state index contributed by atoms with van der Waals surface area (Å²) in [6.45, 7) is 9.09. The summed E-state index contributed by atoms with van der Waals surface area (Å²) in [6.07, 6.45) is 1.18. The Morgan fingerprint density at radius 3 is 2.57 bits per heavy atom. The number of nitrogens with zero attached hydrogens (tertiary/aromatic N) is 1. The summed E-state index contributed by atoms with van der Waals surface area (Å²) in [7, 11) is 3.84. The topological polar surface area (TPSA) is 24.5 Å². The highest BCUT2D eigenvalue weighted by Crippen LogP contribution is 2.25. The molecule has 0 heterocycles. The third kappa shape index (κ3) is 6.25. The number of ether oxygens (including phenoxy) is 1. The Balaban J connectivity index is 2.64. The minimum Gasteiger partial charge on any atom is -0.383 e. The summed E-state index contributed by atoms with van der Waals surface area (Å²) in [5.74, 6) is 0.696. The van der Waals surface area contributed by atoms with E-state index < -0.39 is 0 Å². The van der Waals surface area contributed by atoms with Crippen LogP contribution in [0.4, 0.5) is 5.69 Å². The van der Waals surface area contributed by atoms with Gasteiger partial charge in [-0.05, 0) is 37.0 Å². The van der Waals surface area contributed by atoms with Crippen molar-refractivity contribution in [3.8, 4) is 0 Å². The van der Waals surface area contributed by atoms with Gasteiger partial charge in [0.05, 0.1) is 6.61 Å². The van der Waals surface area contributed by atoms with E-state index in [-0.39, 0.29) is 0 Å². The Morgan fingerprint density at radius 1 is 1.29 bits per heavy atom. The maximum Gasteiger partial charge on any atom is 0.0587 e. The molecule has 0 aliphatic heterocycles. The van der Waals surface area contributed by atoms with Crippen LogP contribution in [0.1, 0.15) is 32.8 Å². The molecule has 1 unspecified atom stereocenters. The third-order valence-electron chi connectivity index (χ3n) is 3.72. The molecule has 0 aromatic heterocycles. The van der Waals surface area contributed by atoms with E-state index in [1.165, 1.54) is 12.1 Å². The summed E-state index contributed by atoms with van der Waals surface area (Å²) in [6, 6.07) is 6.82. The predicted octanol–water partition coefficient (Wildman–Crippen LogP) is 3.95. The van der Waals surface area contributed by atoms with Gasteiger partial charge < -0.3 is 15.0 Å². The van der Waals surface area contributed by atoms with Crippen molar-refractivity contribution >= 4 is 17.3 Å². The molecule has 0 saturated heterocycles. The van der Waals surface area contributed by atoms with Crippen LogP contribution in [-0.4, -0.2) is 33.4 Å². The molecule has 0 aliphatic carbocycles. The molecular weight excluding hydrogens is 284 g/mol. The van der Waals surface area contributed by atoms with Crippen LogP contribution in [0.3, 0.4) is 0 Å². The van der Waals surface area contributed by atoms with Crippen LogP contribution < -0.4 is 10.2 Å². The Morgan fingerprint density at radius 2 is 2.00 bits per heavy atom. The zero-order valence-electron chi connectivity index (χ0n) is 13.9. The summed E-state index contributed by atoms with van der Waals surface area (Å²) < 4.78 is 5.02. The number of benzene rings is 1. The Kier molecular flexibility index (Phi) is 8.09. The van der Waals surface area contributed by atoms with Gasteiger partial charge in [0.1, 0.15) is 0 Å². The molecule has 1 aromatic carbocycles. The highest BCUT2D eigenvalue weighted by atomic mass is 35.5. The molecule has 0 aliphatic rings. The molecule has 0 saturated carbocycles. The molecule has 1 rings (SSSR count). The van der Waals surface area contributed by atoms with Gasteiger partial charge in [0, 0.05) is 44.0 Å². The van der Waals surface area contributed by atoms with Gasteiger partial charge in [-0.3, -0.25) is 0 Å². The average molecular weight is 313 g/mol. The van der Waals surface area contributed by atoms with Gasteiger partial charge in [-0.2, -0.15) is 0 Å². The highest BCUT2D eigenvalue weighted by molar-refractivity contribution is 6.31. The first-order valence-corrected chi connectivity index (χ1v) is 8.04. The van der Waals surface area contributed by atoms with Crippen LogP contribution >= 0.6 is 11.6 Å². The Hall–Kier alpha value is -0.770. The van der Waals surface area contributed by atoms with E-state index in [4.69, 9.17) is 16.3 Å². The molecule has 1 N–H and O–H groups in total. The predicted molar refractivity (Wildman–Crippen MR) is 92.4 cm³/mol. The minimum absolute atomic E-state index is 0.506. The largest absolute Gasteiger partial charge is 0.383 e. The standard InChI is InChI=1S/C17H29ClN2O/c1-13(2)10-14(3)20(4)16-7-6-15(17(18)11-16)12-19-8-9-21-5/h6-7,11,13-14,19H,8-10,12H2,1-5H3. The van der Waals surface area contributed by atoms with Crippen LogP contribution in [0.15, 0.2) is 18.2 Å². The van der Waals surface area contributed by atoms with Crippen LogP contribution in [0.5, 0.6) is 0 Å². The highest BCUT2D eigenvalue weighted by Gasteiger charge is 2.13. The fourth-order valence-electron chi connectivity index (χ4n) is 2.39. The van der Waals surface area contributed by atoms with E-state index in [1.807, 2.05) is 0 Å². The van der Waals surface area contributed by atoms with Crippen LogP contribution in [-0.2, 0) is 11.3 Å². The first-order valence-electron chi connectivity index (χ1n) is 7.66. The molecular formula is C17H29ClN2O. The molecule has 3 nitrogen and oxygen atoms in total. The van der Waals surface area contributed by atoms with Gasteiger partial charge in [-0.25, -0.2) is 0 Å². The first-order chi connectivity index (χ1) is 9.95. The van der Waals surface area contributed by atoms with Crippen molar-refractivity contribution in [3.05, 3.63) is 28.8 Å². The second-order valence-corrected chi connectivity index (χ2v) is 6.44. The number of rotatable bonds is 9. The number of hydrogen-bond acceptors (Lipinski definition) is 3. The van der Waals surface area contributed by atoms with Gasteiger partial charge >= 0.3 is 0 Å². The average Bonchev–Trinajstić information content (AvgIpc) is 2.43. The Labute approximate surface area is 134 Å². The normalized spacial score (nSPS) is 12.7. The summed E-state index contributed by atoms with van der Waals surface area (Å²) in [5, 5.41) is 4.14. The smallest absolute Gasteiger partial charge is 0.0587 e. The summed E-state index contributed by atoms with van der Waals surface area (Å²) in [4.78, 5) is 2.30. The van der Waals surface area contributed by atoms with Crippen molar-refractivity contribution in [2.45, 2.75) is 39.8 Å². The third-order valence-corrected chi connectivity index (χ3v) is 4.07. The monoisotopic (exact) mass is 312 g/mol. The molecule has 0 bridgehead atoms. The van der Waals surface area contributed by atoms with Crippen molar-refractivity contribution < 1.29 is 4.74 Å². The number of nitrogens with one attached hydrogen (secondary N) is 1. The zero-order chi connectivity index (χ0) is 15.8. The molecule has 1 atom stereocenters. The molecule has 0 radical (unpaired) electrons. The zero-order valence-corrected chi connectivity index (χ0v) is 14.7. The maximum absolute atomic E-state index is 6.40. The van der Waals surface area contributed by atoms with E-state index >= 15 is 0 Å². The lowest BCUT2D eigenvalue weighted by Gasteiger charge is -2.28. The van der Waals surface area contributed by atoms with Crippen molar-refractivity contribution in [3.63, 3.8) is 0 Å². The maximum atomic E-state index is 6.40. The molecule has 4 heteroatoms. The van der Waals surface area contributed by atoms with Gasteiger partial charge in [0.25, 0.3) is 0 Å². The second-order valence-electron chi connectivity index (χ2n) is 6.03. The van der Waals surface area contributed by atoms with Crippen molar-refractivity contribution in [1.82, 2.24) is 5.32 Å². The van der Waals surface area contributed by atoms with Crippen molar-refractivity contribution in [2.24, 2.45) is 5.92 Å². The lowest BCUT2D eigenvalue weighted by molar-refractivity contribution is 0.199. The van der Waals surface area contributed by atoms with E-state index in [0.717, 1.165) is 23.7 Å².